The number of ether oxygens (including phenoxy) is 2. The zero-order chi connectivity index (χ0) is 24.9. The normalized spacial score (nSPS) is 17.8. The summed E-state index contributed by atoms with van der Waals surface area (Å²) < 4.78 is 11.3. The largest absolute Gasteiger partial charge is 0.493 e. The molecule has 0 bridgehead atoms. The highest BCUT2D eigenvalue weighted by molar-refractivity contribution is 8.18. The van der Waals surface area contributed by atoms with Crippen LogP contribution in [0.5, 0.6) is 11.5 Å². The zero-order valence-corrected chi connectivity index (χ0v) is 20.9. The Kier molecular flexibility index (Phi) is 8.03. The monoisotopic (exact) mass is 515 g/mol. The molecule has 1 saturated carbocycles. The van der Waals surface area contributed by atoms with Crippen LogP contribution in [0, 0.1) is 5.92 Å². The van der Waals surface area contributed by atoms with Gasteiger partial charge in [0.1, 0.15) is 6.61 Å². The number of carbonyl (C=O) groups is 3. The highest BCUT2D eigenvalue weighted by atomic mass is 35.5. The second kappa shape index (κ2) is 11.2. The van der Waals surface area contributed by atoms with Gasteiger partial charge in [0.05, 0.1) is 22.6 Å². The summed E-state index contributed by atoms with van der Waals surface area (Å²) in [6.07, 6.45) is 7.25. The van der Waals surface area contributed by atoms with Crippen molar-refractivity contribution in [3.8, 4) is 11.5 Å². The number of benzene rings is 2. The standard InChI is InChI=1S/C26H26ClNO6S/c1-33-21-12-18(11-20(27)23(21)34-15-17-8-5-9-19(10-17)25(30)31)13-22-24(29)28(26(32)35-22)14-16-6-3-2-4-7-16/h5,8-13,16H,2-4,6-7,14-15H2,1H3,(H,30,31)/b22-13+. The molecule has 1 N–H and O–H groups in total. The third-order valence-corrected chi connectivity index (χ3v) is 7.33. The Labute approximate surface area is 213 Å². The van der Waals surface area contributed by atoms with Crippen molar-refractivity contribution in [2.45, 2.75) is 38.7 Å². The minimum absolute atomic E-state index is 0.0939. The maximum absolute atomic E-state index is 12.9. The third kappa shape index (κ3) is 6.00. The van der Waals surface area contributed by atoms with Crippen molar-refractivity contribution < 1.29 is 29.0 Å². The van der Waals surface area contributed by atoms with Crippen LogP contribution in [-0.2, 0) is 11.4 Å². The molecule has 1 heterocycles. The van der Waals surface area contributed by atoms with Crippen molar-refractivity contribution in [3.05, 3.63) is 63.0 Å². The Balaban J connectivity index is 1.49. The average Bonchev–Trinajstić information content (AvgIpc) is 3.11. The third-order valence-electron chi connectivity index (χ3n) is 6.15. The van der Waals surface area contributed by atoms with E-state index in [1.54, 1.807) is 30.3 Å². The molecule has 0 unspecified atom stereocenters. The fourth-order valence-corrected chi connectivity index (χ4v) is 5.47. The maximum atomic E-state index is 12.9. The molecule has 0 atom stereocenters. The van der Waals surface area contributed by atoms with Gasteiger partial charge in [-0.15, -0.1) is 0 Å². The summed E-state index contributed by atoms with van der Waals surface area (Å²) in [4.78, 5) is 38.3. The molecule has 9 heteroatoms. The molecular weight excluding hydrogens is 490 g/mol. The molecular formula is C26H26ClNO6S. The van der Waals surface area contributed by atoms with Crippen LogP contribution in [0.4, 0.5) is 4.79 Å². The first-order chi connectivity index (χ1) is 16.9. The van der Waals surface area contributed by atoms with Crippen molar-refractivity contribution in [3.63, 3.8) is 0 Å². The van der Waals surface area contributed by atoms with Gasteiger partial charge in [-0.25, -0.2) is 4.79 Å². The molecule has 1 aliphatic heterocycles. The molecule has 2 amide bonds. The van der Waals surface area contributed by atoms with Gasteiger partial charge in [-0.1, -0.05) is 43.0 Å². The van der Waals surface area contributed by atoms with Gasteiger partial charge in [0.25, 0.3) is 11.1 Å². The first-order valence-corrected chi connectivity index (χ1v) is 12.6. The number of imide groups is 1. The fraction of sp³-hybridized carbons (Fsp3) is 0.346. The van der Waals surface area contributed by atoms with Gasteiger partial charge < -0.3 is 14.6 Å². The second-order valence-electron chi connectivity index (χ2n) is 8.62. The first-order valence-electron chi connectivity index (χ1n) is 11.4. The number of carboxylic acid groups (broad SMARTS) is 1. The van der Waals surface area contributed by atoms with E-state index >= 15 is 0 Å². The van der Waals surface area contributed by atoms with Crippen molar-refractivity contribution >= 4 is 46.6 Å². The SMILES string of the molecule is COc1cc(/C=C2/SC(=O)N(CC3CCCCC3)C2=O)cc(Cl)c1OCc1cccc(C(=O)O)c1. The van der Waals surface area contributed by atoms with E-state index in [2.05, 4.69) is 0 Å². The average molecular weight is 516 g/mol. The van der Waals surface area contributed by atoms with E-state index in [-0.39, 0.29) is 28.3 Å². The number of methoxy groups -OCH3 is 1. The highest BCUT2D eigenvalue weighted by Crippen LogP contribution is 2.40. The molecule has 2 aromatic carbocycles. The molecule has 7 nitrogen and oxygen atoms in total. The Morgan fingerprint density at radius 1 is 1.20 bits per heavy atom. The molecule has 2 fully saturated rings. The van der Waals surface area contributed by atoms with Crippen LogP contribution in [0.2, 0.25) is 5.02 Å². The fourth-order valence-electron chi connectivity index (χ4n) is 4.35. The van der Waals surface area contributed by atoms with Crippen LogP contribution < -0.4 is 9.47 Å². The van der Waals surface area contributed by atoms with E-state index in [0.29, 0.717) is 40.0 Å². The van der Waals surface area contributed by atoms with Crippen LogP contribution in [0.15, 0.2) is 41.3 Å². The summed E-state index contributed by atoms with van der Waals surface area (Å²) in [6.45, 7) is 0.568. The number of hydrogen-bond acceptors (Lipinski definition) is 6. The minimum Gasteiger partial charge on any atom is -0.493 e. The van der Waals surface area contributed by atoms with Gasteiger partial charge in [-0.05, 0) is 72.0 Å². The first kappa shape index (κ1) is 25.1. The number of hydrogen-bond donors (Lipinski definition) is 1. The van der Waals surface area contributed by atoms with E-state index in [1.165, 1.54) is 30.6 Å². The van der Waals surface area contributed by atoms with Crippen LogP contribution in [0.1, 0.15) is 53.6 Å². The summed E-state index contributed by atoms with van der Waals surface area (Å²) in [5.41, 5.74) is 1.44. The highest BCUT2D eigenvalue weighted by Gasteiger charge is 2.36. The minimum atomic E-state index is -1.02. The van der Waals surface area contributed by atoms with Crippen molar-refractivity contribution in [2.24, 2.45) is 5.92 Å². The Bertz CT molecular complexity index is 1170. The second-order valence-corrected chi connectivity index (χ2v) is 10.0. The van der Waals surface area contributed by atoms with E-state index < -0.39 is 5.97 Å². The quantitative estimate of drug-likeness (QED) is 0.416. The molecule has 0 aromatic heterocycles. The molecule has 35 heavy (non-hydrogen) atoms. The number of amides is 2. The Morgan fingerprint density at radius 3 is 2.69 bits per heavy atom. The lowest BCUT2D eigenvalue weighted by Crippen LogP contribution is -2.34. The van der Waals surface area contributed by atoms with Crippen molar-refractivity contribution in [1.29, 1.82) is 0 Å². The smallest absolute Gasteiger partial charge is 0.335 e. The molecule has 2 aromatic rings. The van der Waals surface area contributed by atoms with Gasteiger partial charge >= 0.3 is 5.97 Å². The zero-order valence-electron chi connectivity index (χ0n) is 19.3. The summed E-state index contributed by atoms with van der Waals surface area (Å²) in [6, 6.07) is 9.76. The summed E-state index contributed by atoms with van der Waals surface area (Å²) >= 11 is 7.41. The van der Waals surface area contributed by atoms with Crippen molar-refractivity contribution in [1.82, 2.24) is 4.90 Å². The number of aromatic carboxylic acids is 1. The number of thioether (sulfide) groups is 1. The summed E-state index contributed by atoms with van der Waals surface area (Å²) in [5.74, 6) is -0.259. The number of carboxylic acids is 1. The molecule has 184 valence electrons. The van der Waals surface area contributed by atoms with E-state index in [9.17, 15) is 14.4 Å². The summed E-state index contributed by atoms with van der Waals surface area (Å²) in [7, 11) is 1.48. The van der Waals surface area contributed by atoms with Gasteiger partial charge in [-0.2, -0.15) is 0 Å². The van der Waals surface area contributed by atoms with Crippen molar-refractivity contribution in [2.75, 3.05) is 13.7 Å². The van der Waals surface area contributed by atoms with Gasteiger partial charge in [-0.3, -0.25) is 14.5 Å². The predicted molar refractivity (Wildman–Crippen MR) is 135 cm³/mol. The number of halogens is 1. The van der Waals surface area contributed by atoms with Gasteiger partial charge in [0.15, 0.2) is 11.5 Å². The van der Waals surface area contributed by atoms with E-state index in [1.807, 2.05) is 0 Å². The summed E-state index contributed by atoms with van der Waals surface area (Å²) in [5, 5.41) is 9.19. The predicted octanol–water partition coefficient (Wildman–Crippen LogP) is 6.24. The Morgan fingerprint density at radius 2 is 1.97 bits per heavy atom. The number of rotatable bonds is 8. The number of carbonyl (C=O) groups excluding carboxylic acids is 2. The van der Waals surface area contributed by atoms with Crippen LogP contribution >= 0.6 is 23.4 Å². The van der Waals surface area contributed by atoms with Gasteiger partial charge in [0, 0.05) is 6.54 Å². The molecule has 0 spiro atoms. The topological polar surface area (TPSA) is 93.1 Å². The molecule has 0 radical (unpaired) electrons. The Hall–Kier alpha value is -2.97. The number of nitrogens with zero attached hydrogens (tertiary/aromatic N) is 1. The molecule has 4 rings (SSSR count). The molecule has 2 aliphatic rings. The van der Waals surface area contributed by atoms with Crippen LogP contribution in [-0.4, -0.2) is 40.8 Å². The van der Waals surface area contributed by atoms with Crippen LogP contribution in [0.3, 0.4) is 0 Å². The van der Waals surface area contributed by atoms with Crippen LogP contribution in [0.25, 0.3) is 6.08 Å². The lowest BCUT2D eigenvalue weighted by Gasteiger charge is -2.25. The van der Waals surface area contributed by atoms with E-state index in [0.717, 1.165) is 37.4 Å². The molecule has 1 saturated heterocycles. The molecule has 1 aliphatic carbocycles. The maximum Gasteiger partial charge on any atom is 0.335 e. The lowest BCUT2D eigenvalue weighted by molar-refractivity contribution is -0.123. The lowest BCUT2D eigenvalue weighted by atomic mass is 9.89. The van der Waals surface area contributed by atoms with Gasteiger partial charge in [0.2, 0.25) is 0 Å². The van der Waals surface area contributed by atoms with E-state index in [4.69, 9.17) is 26.2 Å².